The van der Waals surface area contributed by atoms with Crippen LogP contribution >= 0.6 is 0 Å². The van der Waals surface area contributed by atoms with Gasteiger partial charge in [0, 0.05) is 24.9 Å². The molecule has 2 amide bonds. The van der Waals surface area contributed by atoms with Gasteiger partial charge in [0.2, 0.25) is 11.8 Å². The van der Waals surface area contributed by atoms with Crippen LogP contribution in [0.1, 0.15) is 50.8 Å². The van der Waals surface area contributed by atoms with E-state index in [0.717, 1.165) is 18.4 Å². The van der Waals surface area contributed by atoms with Crippen molar-refractivity contribution < 1.29 is 9.59 Å². The van der Waals surface area contributed by atoms with Crippen LogP contribution in [-0.4, -0.2) is 29.8 Å². The first-order valence-electron chi connectivity index (χ1n) is 8.54. The van der Waals surface area contributed by atoms with E-state index in [1.165, 1.54) is 5.56 Å². The lowest BCUT2D eigenvalue weighted by Gasteiger charge is -2.33. The Hall–Kier alpha value is -1.84. The summed E-state index contributed by atoms with van der Waals surface area (Å²) in [5.41, 5.74) is 2.34. The molecule has 4 heteroatoms. The van der Waals surface area contributed by atoms with Crippen LogP contribution < -0.4 is 5.32 Å². The van der Waals surface area contributed by atoms with Crippen molar-refractivity contribution in [2.75, 3.05) is 13.1 Å². The van der Waals surface area contributed by atoms with Gasteiger partial charge in [0.1, 0.15) is 0 Å². The molecule has 4 nitrogen and oxygen atoms in total. The van der Waals surface area contributed by atoms with Crippen LogP contribution in [0.25, 0.3) is 0 Å². The Morgan fingerprint density at radius 2 is 1.65 bits per heavy atom. The van der Waals surface area contributed by atoms with Crippen molar-refractivity contribution in [1.82, 2.24) is 10.2 Å². The fourth-order valence-electron chi connectivity index (χ4n) is 3.00. The predicted octanol–water partition coefficient (Wildman–Crippen LogP) is 3.07. The molecule has 0 saturated carbocycles. The molecule has 0 aromatic heterocycles. The molecule has 0 radical (unpaired) electrons. The highest BCUT2D eigenvalue weighted by Gasteiger charge is 2.28. The van der Waals surface area contributed by atoms with Crippen LogP contribution in [0.4, 0.5) is 0 Å². The van der Waals surface area contributed by atoms with Crippen LogP contribution in [-0.2, 0) is 9.59 Å². The molecular formula is C19H28N2O2. The molecule has 23 heavy (non-hydrogen) atoms. The fourth-order valence-corrected chi connectivity index (χ4v) is 3.00. The van der Waals surface area contributed by atoms with Gasteiger partial charge in [0.25, 0.3) is 0 Å². The normalized spacial score (nSPS) is 17.2. The van der Waals surface area contributed by atoms with Gasteiger partial charge in [-0.2, -0.15) is 0 Å². The highest BCUT2D eigenvalue weighted by Crippen LogP contribution is 2.21. The number of nitrogens with zero attached hydrogens (tertiary/aromatic N) is 1. The summed E-state index contributed by atoms with van der Waals surface area (Å²) < 4.78 is 0. The summed E-state index contributed by atoms with van der Waals surface area (Å²) in [6, 6.07) is 8.26. The number of nitrogens with one attached hydrogen (secondary N) is 1. The molecule has 1 aliphatic heterocycles. The van der Waals surface area contributed by atoms with Gasteiger partial charge >= 0.3 is 0 Å². The minimum absolute atomic E-state index is 0.0124. The van der Waals surface area contributed by atoms with Crippen LogP contribution in [0.15, 0.2) is 24.3 Å². The average molecular weight is 316 g/mol. The van der Waals surface area contributed by atoms with Crippen molar-refractivity contribution >= 4 is 11.8 Å². The van der Waals surface area contributed by atoms with Crippen molar-refractivity contribution in [3.8, 4) is 0 Å². The molecule has 0 bridgehead atoms. The maximum Gasteiger partial charge on any atom is 0.225 e. The van der Waals surface area contributed by atoms with Gasteiger partial charge in [-0.25, -0.2) is 0 Å². The molecule has 2 rings (SSSR count). The van der Waals surface area contributed by atoms with Crippen LogP contribution in [0.3, 0.4) is 0 Å². The van der Waals surface area contributed by atoms with E-state index in [2.05, 4.69) is 36.5 Å². The summed E-state index contributed by atoms with van der Waals surface area (Å²) >= 11 is 0. The third-order valence-electron chi connectivity index (χ3n) is 4.61. The van der Waals surface area contributed by atoms with Gasteiger partial charge in [0.15, 0.2) is 0 Å². The zero-order valence-corrected chi connectivity index (χ0v) is 14.6. The average Bonchev–Trinajstić information content (AvgIpc) is 2.54. The number of aryl methyl sites for hydroxylation is 1. The number of likely N-dealkylation sites (tertiary alicyclic amines) is 1. The number of benzene rings is 1. The largest absolute Gasteiger partial charge is 0.349 e. The van der Waals surface area contributed by atoms with E-state index in [4.69, 9.17) is 0 Å². The van der Waals surface area contributed by atoms with E-state index in [1.807, 2.05) is 25.7 Å². The minimum atomic E-state index is 0.0124. The number of piperidine rings is 1. The first kappa shape index (κ1) is 17.5. The Balaban J connectivity index is 1.85. The molecule has 1 fully saturated rings. The summed E-state index contributed by atoms with van der Waals surface area (Å²) in [6.07, 6.45) is 1.51. The molecule has 126 valence electrons. The van der Waals surface area contributed by atoms with Crippen LogP contribution in [0.2, 0.25) is 0 Å². The quantitative estimate of drug-likeness (QED) is 0.928. The second-order valence-corrected chi connectivity index (χ2v) is 6.90. The van der Waals surface area contributed by atoms with Crippen molar-refractivity contribution in [3.05, 3.63) is 35.4 Å². The van der Waals surface area contributed by atoms with Crippen molar-refractivity contribution in [1.29, 1.82) is 0 Å². The number of hydrogen-bond acceptors (Lipinski definition) is 2. The molecule has 1 heterocycles. The van der Waals surface area contributed by atoms with E-state index in [1.54, 1.807) is 0 Å². The van der Waals surface area contributed by atoms with Gasteiger partial charge in [-0.1, -0.05) is 43.7 Å². The van der Waals surface area contributed by atoms with Crippen molar-refractivity contribution in [3.63, 3.8) is 0 Å². The van der Waals surface area contributed by atoms with E-state index >= 15 is 0 Å². The first-order valence-corrected chi connectivity index (χ1v) is 8.54. The Labute approximate surface area is 139 Å². The Morgan fingerprint density at radius 1 is 1.09 bits per heavy atom. The van der Waals surface area contributed by atoms with E-state index in [0.29, 0.717) is 13.1 Å². The molecule has 0 spiro atoms. The predicted molar refractivity (Wildman–Crippen MR) is 91.9 cm³/mol. The smallest absolute Gasteiger partial charge is 0.225 e. The van der Waals surface area contributed by atoms with Gasteiger partial charge in [-0.05, 0) is 32.3 Å². The summed E-state index contributed by atoms with van der Waals surface area (Å²) in [6.45, 7) is 9.29. The second-order valence-electron chi connectivity index (χ2n) is 6.90. The SMILES string of the molecule is Cc1ccc(C(C)NC(=O)C2CCN(C(=O)C(C)C)CC2)cc1. The first-order chi connectivity index (χ1) is 10.9. The summed E-state index contributed by atoms with van der Waals surface area (Å²) in [5, 5.41) is 3.11. The summed E-state index contributed by atoms with van der Waals surface area (Å²) in [7, 11) is 0. The zero-order valence-electron chi connectivity index (χ0n) is 14.6. The third kappa shape index (κ3) is 4.57. The second kappa shape index (κ2) is 7.62. The third-order valence-corrected chi connectivity index (χ3v) is 4.61. The molecule has 1 saturated heterocycles. The number of amides is 2. The fraction of sp³-hybridized carbons (Fsp3) is 0.579. The number of carbonyl (C=O) groups excluding carboxylic acids is 2. The van der Waals surface area contributed by atoms with Gasteiger partial charge in [-0.15, -0.1) is 0 Å². The molecule has 1 aliphatic rings. The topological polar surface area (TPSA) is 49.4 Å². The molecule has 1 aromatic carbocycles. The number of hydrogen-bond donors (Lipinski definition) is 1. The molecule has 1 aromatic rings. The van der Waals surface area contributed by atoms with Gasteiger partial charge < -0.3 is 10.2 Å². The highest BCUT2D eigenvalue weighted by atomic mass is 16.2. The molecule has 1 N–H and O–H groups in total. The van der Waals surface area contributed by atoms with E-state index in [9.17, 15) is 9.59 Å². The van der Waals surface area contributed by atoms with Crippen molar-refractivity contribution in [2.45, 2.75) is 46.6 Å². The summed E-state index contributed by atoms with van der Waals surface area (Å²) in [4.78, 5) is 26.3. The molecule has 1 atom stereocenters. The monoisotopic (exact) mass is 316 g/mol. The van der Waals surface area contributed by atoms with E-state index in [-0.39, 0.29) is 29.7 Å². The molecule has 0 aliphatic carbocycles. The maximum atomic E-state index is 12.4. The Bertz CT molecular complexity index is 543. The van der Waals surface area contributed by atoms with Crippen molar-refractivity contribution in [2.24, 2.45) is 11.8 Å². The minimum Gasteiger partial charge on any atom is -0.349 e. The molecular weight excluding hydrogens is 288 g/mol. The van der Waals surface area contributed by atoms with Gasteiger partial charge in [-0.3, -0.25) is 9.59 Å². The van der Waals surface area contributed by atoms with Gasteiger partial charge in [0.05, 0.1) is 6.04 Å². The number of rotatable bonds is 4. The Kier molecular flexibility index (Phi) is 5.80. The summed E-state index contributed by atoms with van der Waals surface area (Å²) in [5.74, 6) is 0.340. The zero-order chi connectivity index (χ0) is 17.0. The lowest BCUT2D eigenvalue weighted by atomic mass is 9.94. The number of carbonyl (C=O) groups is 2. The molecule has 1 unspecified atom stereocenters. The van der Waals surface area contributed by atoms with Crippen LogP contribution in [0.5, 0.6) is 0 Å². The Morgan fingerprint density at radius 3 is 2.17 bits per heavy atom. The standard InChI is InChI=1S/C19H28N2O2/c1-13(2)19(23)21-11-9-17(10-12-21)18(22)20-15(4)16-7-5-14(3)6-8-16/h5-8,13,15,17H,9-12H2,1-4H3,(H,20,22). The maximum absolute atomic E-state index is 12.4. The highest BCUT2D eigenvalue weighted by molar-refractivity contribution is 5.81. The van der Waals surface area contributed by atoms with E-state index < -0.39 is 0 Å². The van der Waals surface area contributed by atoms with Crippen LogP contribution in [0, 0.1) is 18.8 Å². The lowest BCUT2D eigenvalue weighted by Crippen LogP contribution is -2.44. The lowest BCUT2D eigenvalue weighted by molar-refractivity contribution is -0.138.